The molecule has 0 saturated carbocycles. The molecule has 2 N–H and O–H groups in total. The van der Waals surface area contributed by atoms with Crippen LogP contribution in [0.3, 0.4) is 0 Å². The molecule has 0 aliphatic carbocycles. The Balaban J connectivity index is 2.07. The van der Waals surface area contributed by atoms with Gasteiger partial charge in [-0.3, -0.25) is 4.79 Å². The van der Waals surface area contributed by atoms with Crippen molar-refractivity contribution < 1.29 is 9.90 Å². The zero-order valence-corrected chi connectivity index (χ0v) is 12.5. The molecule has 0 radical (unpaired) electrons. The van der Waals surface area contributed by atoms with Gasteiger partial charge in [0.05, 0.1) is 11.6 Å². The SMILES string of the molecule is CCN(CC(C)(C)O)C(=O)[C@@H]1Cc2ccccc2CN1. The summed E-state index contributed by atoms with van der Waals surface area (Å²) in [4.78, 5) is 14.3. The van der Waals surface area contributed by atoms with E-state index in [1.54, 1.807) is 18.7 Å². The van der Waals surface area contributed by atoms with Crippen LogP contribution >= 0.6 is 0 Å². The van der Waals surface area contributed by atoms with Crippen molar-refractivity contribution in [3.8, 4) is 0 Å². The highest BCUT2D eigenvalue weighted by atomic mass is 16.3. The topological polar surface area (TPSA) is 52.6 Å². The number of nitrogens with zero attached hydrogens (tertiary/aromatic N) is 1. The molecule has 2 rings (SSSR count). The molecule has 1 aliphatic rings. The molecular formula is C16H24N2O2. The number of rotatable bonds is 4. The monoisotopic (exact) mass is 276 g/mol. The van der Waals surface area contributed by atoms with Crippen molar-refractivity contribution in [2.75, 3.05) is 13.1 Å². The van der Waals surface area contributed by atoms with Crippen LogP contribution in [-0.2, 0) is 17.8 Å². The lowest BCUT2D eigenvalue weighted by Gasteiger charge is -2.33. The van der Waals surface area contributed by atoms with Crippen molar-refractivity contribution in [2.45, 2.75) is 45.4 Å². The van der Waals surface area contributed by atoms with E-state index in [-0.39, 0.29) is 11.9 Å². The van der Waals surface area contributed by atoms with Gasteiger partial charge in [-0.2, -0.15) is 0 Å². The predicted octanol–water partition coefficient (Wildman–Crippen LogP) is 1.32. The highest BCUT2D eigenvalue weighted by molar-refractivity contribution is 5.82. The van der Waals surface area contributed by atoms with Crippen molar-refractivity contribution in [3.63, 3.8) is 0 Å². The van der Waals surface area contributed by atoms with E-state index in [0.717, 1.165) is 13.0 Å². The van der Waals surface area contributed by atoms with Crippen LogP contribution in [0.25, 0.3) is 0 Å². The molecule has 0 bridgehead atoms. The summed E-state index contributed by atoms with van der Waals surface area (Å²) in [7, 11) is 0. The minimum Gasteiger partial charge on any atom is -0.389 e. The Morgan fingerprint density at radius 3 is 2.65 bits per heavy atom. The predicted molar refractivity (Wildman–Crippen MR) is 79.3 cm³/mol. The number of amides is 1. The summed E-state index contributed by atoms with van der Waals surface area (Å²) in [5.41, 5.74) is 1.64. The highest BCUT2D eigenvalue weighted by Gasteiger charge is 2.29. The standard InChI is InChI=1S/C16H24N2O2/c1-4-18(11-16(2,3)20)15(19)14-9-12-7-5-6-8-13(12)10-17-14/h5-8,14,17,20H,4,9-11H2,1-3H3/t14-/m0/s1. The van der Waals surface area contributed by atoms with Crippen molar-refractivity contribution in [1.82, 2.24) is 10.2 Å². The van der Waals surface area contributed by atoms with Gasteiger partial charge in [0, 0.05) is 19.6 Å². The summed E-state index contributed by atoms with van der Waals surface area (Å²) in [6, 6.07) is 8.03. The number of hydrogen-bond acceptors (Lipinski definition) is 3. The number of carbonyl (C=O) groups is 1. The fourth-order valence-corrected chi connectivity index (χ4v) is 2.66. The van der Waals surface area contributed by atoms with Gasteiger partial charge in [0.25, 0.3) is 0 Å². The molecule has 1 heterocycles. The summed E-state index contributed by atoms with van der Waals surface area (Å²) in [6.07, 6.45) is 0.720. The lowest BCUT2D eigenvalue weighted by atomic mass is 9.95. The number of likely N-dealkylation sites (N-methyl/N-ethyl adjacent to an activating group) is 1. The van der Waals surface area contributed by atoms with E-state index >= 15 is 0 Å². The minimum atomic E-state index is -0.863. The van der Waals surface area contributed by atoms with E-state index in [1.807, 2.05) is 19.1 Å². The van der Waals surface area contributed by atoms with Crippen LogP contribution in [0.15, 0.2) is 24.3 Å². The molecule has 1 aliphatic heterocycles. The van der Waals surface area contributed by atoms with E-state index in [2.05, 4.69) is 17.4 Å². The Morgan fingerprint density at radius 2 is 2.05 bits per heavy atom. The first-order valence-corrected chi connectivity index (χ1v) is 7.22. The van der Waals surface area contributed by atoms with E-state index in [4.69, 9.17) is 0 Å². The third-order valence-corrected chi connectivity index (χ3v) is 3.65. The zero-order chi connectivity index (χ0) is 14.8. The first kappa shape index (κ1) is 15.0. The number of fused-ring (bicyclic) bond motifs is 1. The second-order valence-electron chi connectivity index (χ2n) is 6.07. The summed E-state index contributed by atoms with van der Waals surface area (Å²) < 4.78 is 0. The Morgan fingerprint density at radius 1 is 1.40 bits per heavy atom. The third kappa shape index (κ3) is 3.58. The van der Waals surface area contributed by atoms with Crippen molar-refractivity contribution in [3.05, 3.63) is 35.4 Å². The zero-order valence-electron chi connectivity index (χ0n) is 12.5. The molecule has 4 nitrogen and oxygen atoms in total. The van der Waals surface area contributed by atoms with Gasteiger partial charge in [-0.1, -0.05) is 24.3 Å². The Kier molecular flexibility index (Phi) is 4.45. The van der Waals surface area contributed by atoms with Crippen molar-refractivity contribution >= 4 is 5.91 Å². The molecule has 1 atom stereocenters. The van der Waals surface area contributed by atoms with Crippen LogP contribution in [-0.4, -0.2) is 40.6 Å². The van der Waals surface area contributed by atoms with Gasteiger partial charge in [-0.25, -0.2) is 0 Å². The maximum atomic E-state index is 12.6. The number of nitrogens with one attached hydrogen (secondary N) is 1. The molecule has 0 fully saturated rings. The van der Waals surface area contributed by atoms with Gasteiger partial charge < -0.3 is 15.3 Å². The van der Waals surface area contributed by atoms with E-state index < -0.39 is 5.60 Å². The van der Waals surface area contributed by atoms with Crippen LogP contribution in [0.2, 0.25) is 0 Å². The third-order valence-electron chi connectivity index (χ3n) is 3.65. The fraction of sp³-hybridized carbons (Fsp3) is 0.562. The fourth-order valence-electron chi connectivity index (χ4n) is 2.66. The van der Waals surface area contributed by atoms with Gasteiger partial charge in [-0.05, 0) is 38.3 Å². The smallest absolute Gasteiger partial charge is 0.240 e. The minimum absolute atomic E-state index is 0.0733. The second kappa shape index (κ2) is 5.94. The molecule has 1 aromatic carbocycles. The molecule has 0 unspecified atom stereocenters. The summed E-state index contributed by atoms with van der Waals surface area (Å²) >= 11 is 0. The number of aliphatic hydroxyl groups is 1. The largest absolute Gasteiger partial charge is 0.389 e. The Bertz CT molecular complexity index is 480. The Labute approximate surface area is 120 Å². The molecule has 1 amide bonds. The maximum Gasteiger partial charge on any atom is 0.240 e. The normalized spacial score (nSPS) is 18.5. The first-order valence-electron chi connectivity index (χ1n) is 7.22. The lowest BCUT2D eigenvalue weighted by molar-refractivity contribution is -0.136. The van der Waals surface area contributed by atoms with Gasteiger partial charge in [0.1, 0.15) is 0 Å². The number of hydrogen-bond donors (Lipinski definition) is 2. The van der Waals surface area contributed by atoms with Crippen LogP contribution in [0.1, 0.15) is 31.9 Å². The maximum absolute atomic E-state index is 12.6. The summed E-state index contributed by atoms with van der Waals surface area (Å²) in [5.74, 6) is 0.0733. The van der Waals surface area contributed by atoms with Crippen LogP contribution in [0.4, 0.5) is 0 Å². The molecule has 0 saturated heterocycles. The number of carbonyl (C=O) groups excluding carboxylic acids is 1. The Hall–Kier alpha value is -1.39. The lowest BCUT2D eigenvalue weighted by Crippen LogP contribution is -2.52. The molecule has 0 aromatic heterocycles. The summed E-state index contributed by atoms with van der Waals surface area (Å²) in [6.45, 7) is 7.11. The van der Waals surface area contributed by atoms with Gasteiger partial charge in [0.2, 0.25) is 5.91 Å². The average molecular weight is 276 g/mol. The molecule has 0 spiro atoms. The molecule has 4 heteroatoms. The van der Waals surface area contributed by atoms with Crippen molar-refractivity contribution in [2.24, 2.45) is 0 Å². The number of benzene rings is 1. The van der Waals surface area contributed by atoms with Crippen LogP contribution in [0.5, 0.6) is 0 Å². The van der Waals surface area contributed by atoms with Gasteiger partial charge in [-0.15, -0.1) is 0 Å². The first-order chi connectivity index (χ1) is 9.40. The molecule has 110 valence electrons. The van der Waals surface area contributed by atoms with Crippen molar-refractivity contribution in [1.29, 1.82) is 0 Å². The molecule has 1 aromatic rings. The van der Waals surface area contributed by atoms with Gasteiger partial charge >= 0.3 is 0 Å². The second-order valence-corrected chi connectivity index (χ2v) is 6.07. The highest BCUT2D eigenvalue weighted by Crippen LogP contribution is 2.18. The quantitative estimate of drug-likeness (QED) is 0.872. The van der Waals surface area contributed by atoms with E-state index in [0.29, 0.717) is 13.1 Å². The molecular weight excluding hydrogens is 252 g/mol. The summed E-state index contributed by atoms with van der Waals surface area (Å²) in [5, 5.41) is 13.2. The molecule has 20 heavy (non-hydrogen) atoms. The van der Waals surface area contributed by atoms with Crippen LogP contribution in [0, 0.1) is 0 Å². The van der Waals surface area contributed by atoms with Gasteiger partial charge in [0.15, 0.2) is 0 Å². The van der Waals surface area contributed by atoms with E-state index in [1.165, 1.54) is 11.1 Å². The van der Waals surface area contributed by atoms with Crippen LogP contribution < -0.4 is 5.32 Å². The van der Waals surface area contributed by atoms with E-state index in [9.17, 15) is 9.90 Å². The average Bonchev–Trinajstić information content (AvgIpc) is 2.42.